The van der Waals surface area contributed by atoms with Crippen molar-refractivity contribution in [1.29, 1.82) is 0 Å². The van der Waals surface area contributed by atoms with Crippen molar-refractivity contribution in [2.75, 3.05) is 26.2 Å². The van der Waals surface area contributed by atoms with E-state index in [-0.39, 0.29) is 5.92 Å². The van der Waals surface area contributed by atoms with E-state index in [1.165, 1.54) is 38.5 Å². The Balaban J connectivity index is 1.31. The molecule has 26 heavy (non-hydrogen) atoms. The summed E-state index contributed by atoms with van der Waals surface area (Å²) in [6.07, 6.45) is 10.8. The Labute approximate surface area is 158 Å². The van der Waals surface area contributed by atoms with Crippen LogP contribution in [-0.4, -0.2) is 47.8 Å². The fraction of sp³-hybridized carbons (Fsp3) is 0.909. The third kappa shape index (κ3) is 3.41. The first-order valence-corrected chi connectivity index (χ1v) is 11.1. The van der Waals surface area contributed by atoms with Gasteiger partial charge in [0.15, 0.2) is 0 Å². The monoisotopic (exact) mass is 360 g/mol. The quantitative estimate of drug-likeness (QED) is 0.750. The van der Waals surface area contributed by atoms with E-state index >= 15 is 0 Å². The molecule has 4 bridgehead atoms. The Morgan fingerprint density at radius 1 is 0.846 bits per heavy atom. The van der Waals surface area contributed by atoms with Crippen LogP contribution in [0, 0.1) is 29.1 Å². The lowest BCUT2D eigenvalue weighted by Crippen LogP contribution is -2.54. The summed E-state index contributed by atoms with van der Waals surface area (Å²) < 4.78 is 0. The second-order valence-corrected chi connectivity index (χ2v) is 9.81. The Bertz CT molecular complexity index is 511. The number of carbonyl (C=O) groups is 2. The fourth-order valence-corrected chi connectivity index (χ4v) is 7.01. The van der Waals surface area contributed by atoms with Gasteiger partial charge >= 0.3 is 0 Å². The first-order valence-electron chi connectivity index (χ1n) is 11.1. The average molecular weight is 361 g/mol. The van der Waals surface area contributed by atoms with E-state index in [0.717, 1.165) is 63.2 Å². The zero-order chi connectivity index (χ0) is 18.3. The molecule has 4 nitrogen and oxygen atoms in total. The number of piperazine rings is 1. The topological polar surface area (TPSA) is 40.6 Å². The lowest BCUT2D eigenvalue weighted by Gasteiger charge is -2.57. The molecule has 4 aliphatic carbocycles. The molecule has 0 atom stereocenters. The van der Waals surface area contributed by atoms with Crippen molar-refractivity contribution in [3.05, 3.63) is 0 Å². The maximum atomic E-state index is 13.0. The maximum absolute atomic E-state index is 13.0. The highest BCUT2D eigenvalue weighted by molar-refractivity contribution is 5.80. The first-order chi connectivity index (χ1) is 12.5. The summed E-state index contributed by atoms with van der Waals surface area (Å²) in [6.45, 7) is 7.10. The molecule has 5 aliphatic rings. The van der Waals surface area contributed by atoms with Crippen molar-refractivity contribution in [3.63, 3.8) is 0 Å². The van der Waals surface area contributed by atoms with E-state index < -0.39 is 0 Å². The van der Waals surface area contributed by atoms with Crippen LogP contribution in [0.4, 0.5) is 0 Å². The van der Waals surface area contributed by atoms with E-state index in [0.29, 0.717) is 17.2 Å². The van der Waals surface area contributed by atoms with Gasteiger partial charge in [-0.3, -0.25) is 9.59 Å². The van der Waals surface area contributed by atoms with Crippen molar-refractivity contribution in [2.45, 2.75) is 71.6 Å². The van der Waals surface area contributed by atoms with Gasteiger partial charge in [0.25, 0.3) is 0 Å². The summed E-state index contributed by atoms with van der Waals surface area (Å²) in [6, 6.07) is 0. The molecule has 0 aromatic carbocycles. The molecule has 4 heteroatoms. The summed E-state index contributed by atoms with van der Waals surface area (Å²) in [5.74, 6) is 3.53. The van der Waals surface area contributed by atoms with Crippen LogP contribution in [0.15, 0.2) is 0 Å². The minimum Gasteiger partial charge on any atom is -0.339 e. The summed E-state index contributed by atoms with van der Waals surface area (Å²) in [7, 11) is 0. The van der Waals surface area contributed by atoms with Gasteiger partial charge in [-0.2, -0.15) is 0 Å². The second kappa shape index (κ2) is 7.16. The Hall–Kier alpha value is -1.06. The molecule has 4 saturated carbocycles. The van der Waals surface area contributed by atoms with Gasteiger partial charge in [-0.1, -0.05) is 13.8 Å². The Kier molecular flexibility index (Phi) is 5.04. The molecule has 5 rings (SSSR count). The van der Waals surface area contributed by atoms with E-state index in [4.69, 9.17) is 0 Å². The predicted octanol–water partition coefficient (Wildman–Crippen LogP) is 3.70. The summed E-state index contributed by atoms with van der Waals surface area (Å²) >= 11 is 0. The number of carbonyl (C=O) groups excluding carboxylic acids is 2. The molecular weight excluding hydrogens is 324 g/mol. The standard InChI is InChI=1S/C22H36N2O2/c1-3-19(4-2)21(26)24-7-5-23(6-8-24)20(25)15-22-12-16-9-17(13-22)11-18(10-16)14-22/h16-19H,3-15H2,1-2H3. The highest BCUT2D eigenvalue weighted by Crippen LogP contribution is 2.61. The third-order valence-corrected chi connectivity index (χ3v) is 7.97. The number of hydrogen-bond donors (Lipinski definition) is 0. The van der Waals surface area contributed by atoms with Crippen LogP contribution in [0.2, 0.25) is 0 Å². The van der Waals surface area contributed by atoms with Crippen LogP contribution in [0.3, 0.4) is 0 Å². The van der Waals surface area contributed by atoms with Gasteiger partial charge in [-0.15, -0.1) is 0 Å². The zero-order valence-electron chi connectivity index (χ0n) is 16.7. The minimum atomic E-state index is 0.157. The van der Waals surface area contributed by atoms with Crippen LogP contribution in [0.25, 0.3) is 0 Å². The smallest absolute Gasteiger partial charge is 0.225 e. The number of nitrogens with zero attached hydrogens (tertiary/aromatic N) is 2. The molecular formula is C22H36N2O2. The molecule has 2 amide bonds. The molecule has 0 unspecified atom stereocenters. The average Bonchev–Trinajstić information content (AvgIpc) is 2.61. The van der Waals surface area contributed by atoms with Gasteiger partial charge in [-0.05, 0) is 74.5 Å². The van der Waals surface area contributed by atoms with Crippen LogP contribution in [-0.2, 0) is 9.59 Å². The fourth-order valence-electron chi connectivity index (χ4n) is 7.01. The second-order valence-electron chi connectivity index (χ2n) is 9.81. The maximum Gasteiger partial charge on any atom is 0.225 e. The van der Waals surface area contributed by atoms with Gasteiger partial charge in [0.2, 0.25) is 11.8 Å². The predicted molar refractivity (Wildman–Crippen MR) is 102 cm³/mol. The molecule has 0 N–H and O–H groups in total. The summed E-state index contributed by atoms with van der Waals surface area (Å²) in [4.78, 5) is 29.6. The molecule has 1 saturated heterocycles. The van der Waals surface area contributed by atoms with Gasteiger partial charge in [0, 0.05) is 38.5 Å². The van der Waals surface area contributed by atoms with Crippen LogP contribution in [0.1, 0.15) is 71.6 Å². The molecule has 1 aliphatic heterocycles. The molecule has 5 fully saturated rings. The Morgan fingerprint density at radius 2 is 1.31 bits per heavy atom. The van der Waals surface area contributed by atoms with Crippen molar-refractivity contribution in [2.24, 2.45) is 29.1 Å². The van der Waals surface area contributed by atoms with Gasteiger partial charge < -0.3 is 9.80 Å². The van der Waals surface area contributed by atoms with E-state index in [1.54, 1.807) is 0 Å². The molecule has 0 radical (unpaired) electrons. The van der Waals surface area contributed by atoms with E-state index in [1.807, 2.05) is 4.90 Å². The number of rotatable bonds is 5. The minimum absolute atomic E-state index is 0.157. The largest absolute Gasteiger partial charge is 0.339 e. The van der Waals surface area contributed by atoms with Crippen LogP contribution in [0.5, 0.6) is 0 Å². The lowest BCUT2D eigenvalue weighted by molar-refractivity contribution is -0.146. The van der Waals surface area contributed by atoms with Crippen molar-refractivity contribution >= 4 is 11.8 Å². The van der Waals surface area contributed by atoms with Gasteiger partial charge in [-0.25, -0.2) is 0 Å². The number of hydrogen-bond acceptors (Lipinski definition) is 2. The highest BCUT2D eigenvalue weighted by Gasteiger charge is 2.51. The van der Waals surface area contributed by atoms with Crippen LogP contribution < -0.4 is 0 Å². The molecule has 146 valence electrons. The van der Waals surface area contributed by atoms with Crippen LogP contribution >= 0.6 is 0 Å². The third-order valence-electron chi connectivity index (χ3n) is 7.97. The molecule has 1 heterocycles. The van der Waals surface area contributed by atoms with Gasteiger partial charge in [0.1, 0.15) is 0 Å². The SMILES string of the molecule is CCC(CC)C(=O)N1CCN(C(=O)CC23CC4CC(CC(C4)C2)C3)CC1. The summed E-state index contributed by atoms with van der Waals surface area (Å²) in [5.41, 5.74) is 0.328. The summed E-state index contributed by atoms with van der Waals surface area (Å²) in [5, 5.41) is 0. The van der Waals surface area contributed by atoms with E-state index in [9.17, 15) is 9.59 Å². The molecule has 0 spiro atoms. The molecule has 0 aromatic heterocycles. The zero-order valence-corrected chi connectivity index (χ0v) is 16.7. The highest BCUT2D eigenvalue weighted by atomic mass is 16.2. The van der Waals surface area contributed by atoms with Crippen molar-refractivity contribution in [1.82, 2.24) is 9.80 Å². The Morgan fingerprint density at radius 3 is 1.77 bits per heavy atom. The lowest BCUT2D eigenvalue weighted by atomic mass is 9.49. The molecule has 0 aromatic rings. The van der Waals surface area contributed by atoms with Crippen molar-refractivity contribution < 1.29 is 9.59 Å². The van der Waals surface area contributed by atoms with E-state index in [2.05, 4.69) is 18.7 Å². The first kappa shape index (κ1) is 18.3. The van der Waals surface area contributed by atoms with Gasteiger partial charge in [0.05, 0.1) is 0 Å². The van der Waals surface area contributed by atoms with Crippen molar-refractivity contribution in [3.8, 4) is 0 Å². The number of amides is 2. The normalized spacial score (nSPS) is 36.0.